The Morgan fingerprint density at radius 2 is 1.92 bits per heavy atom. The normalized spacial score (nSPS) is 23.8. The largest absolute Gasteiger partial charge is 0.406 e. The molecule has 2 fully saturated rings. The summed E-state index contributed by atoms with van der Waals surface area (Å²) in [7, 11) is 0. The lowest BCUT2D eigenvalue weighted by molar-refractivity contribution is -0.157. The van der Waals surface area contributed by atoms with E-state index in [1.165, 1.54) is 6.42 Å². The van der Waals surface area contributed by atoms with Crippen molar-refractivity contribution in [3.8, 4) is 0 Å². The lowest BCUT2D eigenvalue weighted by Crippen LogP contribution is -2.48. The third-order valence-corrected chi connectivity index (χ3v) is 4.76. The monoisotopic (exact) mass is 371 g/mol. The molecule has 9 heteroatoms. The van der Waals surface area contributed by atoms with Crippen molar-refractivity contribution in [3.63, 3.8) is 0 Å². The second-order valence-corrected chi connectivity index (χ2v) is 6.54. The Labute approximate surface area is 145 Å². The molecule has 1 saturated heterocycles. The van der Waals surface area contributed by atoms with Crippen LogP contribution in [0.4, 0.5) is 13.2 Å². The number of rotatable bonds is 5. The zero-order valence-electron chi connectivity index (χ0n) is 13.5. The third-order valence-electron chi connectivity index (χ3n) is 4.76. The topological polar surface area (TPSA) is 75.4 Å². The van der Waals surface area contributed by atoms with E-state index in [1.807, 2.05) is 0 Å². The van der Waals surface area contributed by atoms with Crippen molar-refractivity contribution in [1.82, 2.24) is 10.2 Å². The van der Waals surface area contributed by atoms with Crippen LogP contribution in [0.25, 0.3) is 0 Å². The van der Waals surface area contributed by atoms with E-state index < -0.39 is 24.5 Å². The van der Waals surface area contributed by atoms with Crippen LogP contribution in [0.15, 0.2) is 0 Å². The van der Waals surface area contributed by atoms with Gasteiger partial charge in [0.25, 0.3) is 0 Å². The van der Waals surface area contributed by atoms with E-state index in [9.17, 15) is 22.8 Å². The van der Waals surface area contributed by atoms with Gasteiger partial charge in [-0.1, -0.05) is 19.3 Å². The Bertz CT molecular complexity index is 442. The van der Waals surface area contributed by atoms with Gasteiger partial charge >= 0.3 is 6.18 Å². The lowest BCUT2D eigenvalue weighted by atomic mass is 9.83. The molecule has 140 valence electrons. The number of carbonyl (C=O) groups excluding carboxylic acids is 2. The summed E-state index contributed by atoms with van der Waals surface area (Å²) >= 11 is 0. The molecule has 1 heterocycles. The molecule has 1 saturated carbocycles. The molecule has 2 aliphatic rings. The van der Waals surface area contributed by atoms with Gasteiger partial charge in [0.2, 0.25) is 11.8 Å². The van der Waals surface area contributed by atoms with Crippen LogP contribution in [-0.4, -0.2) is 48.6 Å². The molecule has 5 nitrogen and oxygen atoms in total. The molecule has 1 aliphatic carbocycles. The molecule has 2 rings (SSSR count). The first-order chi connectivity index (χ1) is 10.8. The standard InChI is InChI=1S/C15H24F3N3O2.ClH/c16-15(17,18)9-21-8-11(6-13(21)22)14(23)20-12(7-19)10-4-2-1-3-5-10;/h10-12H,1-9,19H2,(H,20,23);1H. The molecule has 0 spiro atoms. The molecule has 0 aromatic heterocycles. The van der Waals surface area contributed by atoms with E-state index in [-0.39, 0.29) is 37.3 Å². The van der Waals surface area contributed by atoms with E-state index in [2.05, 4.69) is 5.32 Å². The maximum Gasteiger partial charge on any atom is 0.406 e. The van der Waals surface area contributed by atoms with Crippen molar-refractivity contribution in [2.75, 3.05) is 19.6 Å². The SMILES string of the molecule is Cl.NCC(NC(=O)C1CC(=O)N(CC(F)(F)F)C1)C1CCCCC1. The second-order valence-electron chi connectivity index (χ2n) is 6.54. The smallest absolute Gasteiger partial charge is 0.352 e. The van der Waals surface area contributed by atoms with Crippen molar-refractivity contribution in [1.29, 1.82) is 0 Å². The predicted molar refractivity (Wildman–Crippen MR) is 85.6 cm³/mol. The summed E-state index contributed by atoms with van der Waals surface area (Å²) in [5.74, 6) is -1.38. The Balaban J connectivity index is 0.00000288. The highest BCUT2D eigenvalue weighted by atomic mass is 35.5. The predicted octanol–water partition coefficient (Wildman–Crippen LogP) is 1.84. The van der Waals surface area contributed by atoms with Gasteiger partial charge in [-0.2, -0.15) is 13.2 Å². The Kier molecular flexibility index (Phi) is 7.79. The second kappa shape index (κ2) is 8.89. The zero-order valence-corrected chi connectivity index (χ0v) is 14.3. The highest BCUT2D eigenvalue weighted by Gasteiger charge is 2.41. The molecular weight excluding hydrogens is 347 g/mol. The molecule has 0 aromatic rings. The van der Waals surface area contributed by atoms with Crippen LogP contribution in [-0.2, 0) is 9.59 Å². The highest BCUT2D eigenvalue weighted by molar-refractivity contribution is 5.89. The van der Waals surface area contributed by atoms with E-state index in [0.717, 1.165) is 25.7 Å². The number of nitrogens with zero attached hydrogens (tertiary/aromatic N) is 1. The number of hydrogen-bond acceptors (Lipinski definition) is 3. The minimum atomic E-state index is -4.44. The number of nitrogens with one attached hydrogen (secondary N) is 1. The minimum Gasteiger partial charge on any atom is -0.352 e. The van der Waals surface area contributed by atoms with E-state index in [1.54, 1.807) is 0 Å². The summed E-state index contributed by atoms with van der Waals surface area (Å²) < 4.78 is 37.2. The molecule has 2 atom stereocenters. The van der Waals surface area contributed by atoms with Crippen LogP contribution in [0, 0.1) is 11.8 Å². The zero-order chi connectivity index (χ0) is 17.0. The summed E-state index contributed by atoms with van der Waals surface area (Å²) in [5, 5.41) is 2.86. The Morgan fingerprint density at radius 1 is 1.29 bits per heavy atom. The fourth-order valence-corrected chi connectivity index (χ4v) is 3.52. The number of carbonyl (C=O) groups is 2. The van der Waals surface area contributed by atoms with Crippen LogP contribution < -0.4 is 11.1 Å². The third kappa shape index (κ3) is 5.81. The average Bonchev–Trinajstić information content (AvgIpc) is 2.84. The maximum absolute atomic E-state index is 12.4. The molecule has 3 N–H and O–H groups in total. The van der Waals surface area contributed by atoms with Crippen LogP contribution in [0.2, 0.25) is 0 Å². The van der Waals surface area contributed by atoms with Gasteiger partial charge in [0.05, 0.1) is 5.92 Å². The Hall–Kier alpha value is -1.02. The number of hydrogen-bond donors (Lipinski definition) is 2. The van der Waals surface area contributed by atoms with Crippen molar-refractivity contribution >= 4 is 24.2 Å². The maximum atomic E-state index is 12.4. The van der Waals surface area contributed by atoms with Gasteiger partial charge in [-0.25, -0.2) is 0 Å². The first-order valence-electron chi connectivity index (χ1n) is 8.15. The summed E-state index contributed by atoms with van der Waals surface area (Å²) in [6.45, 7) is -1.16. The molecule has 2 amide bonds. The number of alkyl halides is 3. The van der Waals surface area contributed by atoms with Gasteiger partial charge in [-0.15, -0.1) is 12.4 Å². The van der Waals surface area contributed by atoms with Crippen LogP contribution in [0.1, 0.15) is 38.5 Å². The minimum absolute atomic E-state index is 0. The van der Waals surface area contributed by atoms with E-state index in [0.29, 0.717) is 17.4 Å². The van der Waals surface area contributed by atoms with Crippen molar-refractivity contribution in [2.45, 2.75) is 50.7 Å². The molecule has 0 radical (unpaired) electrons. The van der Waals surface area contributed by atoms with Crippen LogP contribution >= 0.6 is 12.4 Å². The molecule has 2 unspecified atom stereocenters. The van der Waals surface area contributed by atoms with Gasteiger partial charge in [-0.3, -0.25) is 9.59 Å². The van der Waals surface area contributed by atoms with Crippen molar-refractivity contribution in [2.24, 2.45) is 17.6 Å². The summed E-state index contributed by atoms with van der Waals surface area (Å²) in [5.41, 5.74) is 5.75. The fourth-order valence-electron chi connectivity index (χ4n) is 3.52. The Morgan fingerprint density at radius 3 is 2.46 bits per heavy atom. The fraction of sp³-hybridized carbons (Fsp3) is 0.867. The molecule has 0 aromatic carbocycles. The highest BCUT2D eigenvalue weighted by Crippen LogP contribution is 2.27. The molecule has 1 aliphatic heterocycles. The van der Waals surface area contributed by atoms with Gasteiger partial charge in [-0.05, 0) is 18.8 Å². The number of nitrogens with two attached hydrogens (primary N) is 1. The van der Waals surface area contributed by atoms with Gasteiger partial charge < -0.3 is 16.0 Å². The summed E-state index contributed by atoms with van der Waals surface area (Å²) in [6, 6.07) is -0.158. The number of amides is 2. The van der Waals surface area contributed by atoms with Gasteiger partial charge in [0.1, 0.15) is 6.54 Å². The van der Waals surface area contributed by atoms with Gasteiger partial charge in [0, 0.05) is 25.6 Å². The summed E-state index contributed by atoms with van der Waals surface area (Å²) in [4.78, 5) is 24.6. The van der Waals surface area contributed by atoms with Gasteiger partial charge in [0.15, 0.2) is 0 Å². The molecule has 0 bridgehead atoms. The van der Waals surface area contributed by atoms with Crippen molar-refractivity contribution < 1.29 is 22.8 Å². The molecule has 24 heavy (non-hydrogen) atoms. The number of likely N-dealkylation sites (tertiary alicyclic amines) is 1. The first kappa shape index (κ1) is 21.0. The molecular formula is C15H25ClF3N3O2. The quantitative estimate of drug-likeness (QED) is 0.774. The average molecular weight is 372 g/mol. The van der Waals surface area contributed by atoms with E-state index in [4.69, 9.17) is 5.73 Å². The van der Waals surface area contributed by atoms with Crippen molar-refractivity contribution in [3.05, 3.63) is 0 Å². The van der Waals surface area contributed by atoms with E-state index >= 15 is 0 Å². The van der Waals surface area contributed by atoms with Crippen LogP contribution in [0.3, 0.4) is 0 Å². The van der Waals surface area contributed by atoms with Crippen LogP contribution in [0.5, 0.6) is 0 Å². The summed E-state index contributed by atoms with van der Waals surface area (Å²) in [6.07, 6.45) is 0.812. The number of halogens is 4. The lowest BCUT2D eigenvalue weighted by Gasteiger charge is -2.30. The first-order valence-corrected chi connectivity index (χ1v) is 8.15.